The zero-order valence-electron chi connectivity index (χ0n) is 13.4. The van der Waals surface area contributed by atoms with Gasteiger partial charge in [0.25, 0.3) is 5.91 Å². The van der Waals surface area contributed by atoms with Crippen LogP contribution in [0, 0.1) is 5.92 Å². The summed E-state index contributed by atoms with van der Waals surface area (Å²) in [6.07, 6.45) is 3.96. The van der Waals surface area contributed by atoms with Crippen LogP contribution in [-0.4, -0.2) is 56.6 Å². The zero-order valence-corrected chi connectivity index (χ0v) is 15.0. The van der Waals surface area contributed by atoms with E-state index in [1.54, 1.807) is 6.20 Å². The molecule has 0 spiro atoms. The molecule has 0 radical (unpaired) electrons. The second-order valence-corrected chi connectivity index (χ2v) is 5.62. The lowest BCUT2D eigenvalue weighted by Crippen LogP contribution is -2.42. The van der Waals surface area contributed by atoms with Crippen LogP contribution in [-0.2, 0) is 0 Å². The summed E-state index contributed by atoms with van der Waals surface area (Å²) >= 11 is 0. The first kappa shape index (κ1) is 21.0. The molecule has 0 saturated carbocycles. The molecule has 0 aromatic carbocycles. The van der Waals surface area contributed by atoms with Gasteiger partial charge in [0.05, 0.1) is 5.56 Å². The van der Waals surface area contributed by atoms with E-state index in [0.717, 1.165) is 31.9 Å². The topological polar surface area (TPSA) is 48.5 Å². The molecule has 7 heteroatoms. The van der Waals surface area contributed by atoms with Gasteiger partial charge in [0, 0.05) is 33.4 Å². The second-order valence-electron chi connectivity index (χ2n) is 5.62. The van der Waals surface area contributed by atoms with Crippen molar-refractivity contribution in [3.8, 4) is 0 Å². The number of hydrogen-bond acceptors (Lipinski definition) is 4. The Hall–Kier alpha value is -1.04. The van der Waals surface area contributed by atoms with E-state index in [9.17, 15) is 4.79 Å². The molecule has 1 aliphatic rings. The number of pyridine rings is 1. The van der Waals surface area contributed by atoms with Crippen LogP contribution in [0.3, 0.4) is 0 Å². The second kappa shape index (κ2) is 9.87. The highest BCUT2D eigenvalue weighted by atomic mass is 35.5. The number of carbonyl (C=O) groups excluding carboxylic acids is 1. The van der Waals surface area contributed by atoms with Gasteiger partial charge < -0.3 is 15.1 Å². The normalized spacial score (nSPS) is 17.2. The van der Waals surface area contributed by atoms with Crippen molar-refractivity contribution in [3.05, 3.63) is 23.9 Å². The van der Waals surface area contributed by atoms with Crippen molar-refractivity contribution in [1.29, 1.82) is 0 Å². The Morgan fingerprint density at radius 1 is 1.41 bits per heavy atom. The Morgan fingerprint density at radius 3 is 2.68 bits per heavy atom. The maximum Gasteiger partial charge on any atom is 0.255 e. The fraction of sp³-hybridized carbons (Fsp3) is 0.600. The van der Waals surface area contributed by atoms with Gasteiger partial charge in [-0.3, -0.25) is 4.79 Å². The molecule has 0 aliphatic carbocycles. The first-order valence-electron chi connectivity index (χ1n) is 7.19. The van der Waals surface area contributed by atoms with Gasteiger partial charge in [-0.25, -0.2) is 4.98 Å². The van der Waals surface area contributed by atoms with Crippen LogP contribution in [0.15, 0.2) is 18.3 Å². The maximum atomic E-state index is 12.5. The average molecular weight is 349 g/mol. The van der Waals surface area contributed by atoms with Crippen molar-refractivity contribution in [1.82, 2.24) is 15.2 Å². The van der Waals surface area contributed by atoms with Crippen LogP contribution in [0.4, 0.5) is 5.82 Å². The summed E-state index contributed by atoms with van der Waals surface area (Å²) in [4.78, 5) is 20.7. The number of nitrogens with one attached hydrogen (secondary N) is 1. The molecule has 1 aromatic heterocycles. The number of nitrogens with zero attached hydrogens (tertiary/aromatic N) is 3. The lowest BCUT2D eigenvalue weighted by atomic mass is 9.97. The molecule has 1 unspecified atom stereocenters. The van der Waals surface area contributed by atoms with E-state index in [1.165, 1.54) is 6.42 Å². The van der Waals surface area contributed by atoms with E-state index in [-0.39, 0.29) is 30.7 Å². The molecule has 2 heterocycles. The van der Waals surface area contributed by atoms with Gasteiger partial charge in [-0.05, 0) is 44.5 Å². The Balaban J connectivity index is 0.00000220. The highest BCUT2D eigenvalue weighted by Crippen LogP contribution is 2.18. The predicted molar refractivity (Wildman–Crippen MR) is 95.6 cm³/mol. The average Bonchev–Trinajstić information content (AvgIpc) is 2.47. The minimum Gasteiger partial charge on any atom is -0.363 e. The van der Waals surface area contributed by atoms with E-state index in [4.69, 9.17) is 0 Å². The Morgan fingerprint density at radius 2 is 2.14 bits per heavy atom. The van der Waals surface area contributed by atoms with Gasteiger partial charge >= 0.3 is 0 Å². The summed E-state index contributed by atoms with van der Waals surface area (Å²) in [7, 11) is 5.85. The van der Waals surface area contributed by atoms with Gasteiger partial charge in [0.2, 0.25) is 0 Å². The van der Waals surface area contributed by atoms with Crippen LogP contribution < -0.4 is 10.2 Å². The minimum absolute atomic E-state index is 0. The molecule has 22 heavy (non-hydrogen) atoms. The molecule has 1 amide bonds. The number of rotatable bonds is 4. The summed E-state index contributed by atoms with van der Waals surface area (Å²) in [5, 5.41) is 3.20. The van der Waals surface area contributed by atoms with Crippen molar-refractivity contribution in [2.24, 2.45) is 5.92 Å². The summed E-state index contributed by atoms with van der Waals surface area (Å²) < 4.78 is 0. The van der Waals surface area contributed by atoms with Gasteiger partial charge in [-0.1, -0.05) is 0 Å². The summed E-state index contributed by atoms with van der Waals surface area (Å²) in [6.45, 7) is 2.67. The van der Waals surface area contributed by atoms with E-state index >= 15 is 0 Å². The molecule has 1 aliphatic heterocycles. The molecule has 1 atom stereocenters. The number of carbonyl (C=O) groups is 1. The highest BCUT2D eigenvalue weighted by Gasteiger charge is 2.24. The first-order valence-corrected chi connectivity index (χ1v) is 7.19. The Kier molecular flexibility index (Phi) is 9.41. The minimum atomic E-state index is 0. The number of aromatic nitrogens is 1. The van der Waals surface area contributed by atoms with Gasteiger partial charge in [-0.15, -0.1) is 24.8 Å². The van der Waals surface area contributed by atoms with E-state index < -0.39 is 0 Å². The summed E-state index contributed by atoms with van der Waals surface area (Å²) in [5.74, 6) is 1.53. The smallest absolute Gasteiger partial charge is 0.255 e. The lowest BCUT2D eigenvalue weighted by molar-refractivity contribution is 0.0674. The molecule has 1 aromatic rings. The number of piperidine rings is 1. The Labute approximate surface area is 145 Å². The SMILES string of the molecule is CNCC1CCCN(C(=O)c2ccc(N(C)C)nc2)C1.Cl.Cl. The van der Waals surface area contributed by atoms with Crippen LogP contribution in [0.2, 0.25) is 0 Å². The lowest BCUT2D eigenvalue weighted by Gasteiger charge is -2.32. The van der Waals surface area contributed by atoms with Crippen LogP contribution in [0.1, 0.15) is 23.2 Å². The number of likely N-dealkylation sites (tertiary alicyclic amines) is 1. The molecule has 126 valence electrons. The molecule has 2 rings (SSSR count). The third-order valence-electron chi connectivity index (χ3n) is 3.75. The van der Waals surface area contributed by atoms with Crippen LogP contribution >= 0.6 is 24.8 Å². The van der Waals surface area contributed by atoms with Crippen molar-refractivity contribution >= 4 is 36.5 Å². The van der Waals surface area contributed by atoms with Crippen molar-refractivity contribution < 1.29 is 4.79 Å². The molecular formula is C15H26Cl2N4O. The highest BCUT2D eigenvalue weighted by molar-refractivity contribution is 5.94. The predicted octanol–water partition coefficient (Wildman–Crippen LogP) is 2.06. The van der Waals surface area contributed by atoms with Crippen molar-refractivity contribution in [3.63, 3.8) is 0 Å². The van der Waals surface area contributed by atoms with E-state index in [0.29, 0.717) is 11.5 Å². The monoisotopic (exact) mass is 348 g/mol. The quantitative estimate of drug-likeness (QED) is 0.904. The number of amides is 1. The largest absolute Gasteiger partial charge is 0.363 e. The Bertz CT molecular complexity index is 451. The van der Waals surface area contributed by atoms with Gasteiger partial charge in [0.15, 0.2) is 0 Å². The van der Waals surface area contributed by atoms with Crippen molar-refractivity contribution in [2.45, 2.75) is 12.8 Å². The number of hydrogen-bond donors (Lipinski definition) is 1. The third kappa shape index (κ3) is 5.30. The van der Waals surface area contributed by atoms with Gasteiger partial charge in [0.1, 0.15) is 5.82 Å². The molecule has 1 N–H and O–H groups in total. The van der Waals surface area contributed by atoms with Gasteiger partial charge in [-0.2, -0.15) is 0 Å². The van der Waals surface area contributed by atoms with E-state index in [2.05, 4.69) is 10.3 Å². The number of halogens is 2. The molecular weight excluding hydrogens is 323 g/mol. The zero-order chi connectivity index (χ0) is 14.5. The van der Waals surface area contributed by atoms with Crippen LogP contribution in [0.25, 0.3) is 0 Å². The fourth-order valence-electron chi connectivity index (χ4n) is 2.66. The number of anilines is 1. The molecule has 5 nitrogen and oxygen atoms in total. The van der Waals surface area contributed by atoms with E-state index in [1.807, 2.05) is 43.1 Å². The summed E-state index contributed by atoms with van der Waals surface area (Å²) in [5.41, 5.74) is 0.681. The molecule has 1 saturated heterocycles. The molecule has 1 fully saturated rings. The molecule has 0 bridgehead atoms. The first-order chi connectivity index (χ1) is 9.61. The van der Waals surface area contributed by atoms with Crippen molar-refractivity contribution in [2.75, 3.05) is 45.7 Å². The summed E-state index contributed by atoms with van der Waals surface area (Å²) in [6, 6.07) is 3.76. The van der Waals surface area contributed by atoms with Crippen LogP contribution in [0.5, 0.6) is 0 Å². The maximum absolute atomic E-state index is 12.5. The third-order valence-corrected chi connectivity index (χ3v) is 3.75. The fourth-order valence-corrected chi connectivity index (χ4v) is 2.66. The standard InChI is InChI=1S/C15H24N4O.2ClH/c1-16-9-12-5-4-8-19(11-12)15(20)13-6-7-14(17-10-13)18(2)3;;/h6-7,10,12,16H,4-5,8-9,11H2,1-3H3;2*1H.